The van der Waals surface area contributed by atoms with Gasteiger partial charge in [0.05, 0.1) is 17.7 Å². The molecular weight excluding hydrogens is 369 g/mol. The number of halogens is 3. The van der Waals surface area contributed by atoms with E-state index >= 15 is 0 Å². The van der Waals surface area contributed by atoms with Crippen LogP contribution >= 0.6 is 0 Å². The van der Waals surface area contributed by atoms with Gasteiger partial charge in [-0.15, -0.1) is 0 Å². The molecular formula is C21H17F3N2O2. The van der Waals surface area contributed by atoms with Gasteiger partial charge >= 0.3 is 6.18 Å². The van der Waals surface area contributed by atoms with Crippen LogP contribution in [0.2, 0.25) is 0 Å². The van der Waals surface area contributed by atoms with Crippen LogP contribution in [0.4, 0.5) is 18.9 Å². The number of amides is 1. The van der Waals surface area contributed by atoms with Crippen molar-refractivity contribution >= 4 is 11.6 Å². The number of pyridine rings is 1. The number of alkyl halides is 3. The summed E-state index contributed by atoms with van der Waals surface area (Å²) >= 11 is 0. The van der Waals surface area contributed by atoms with Gasteiger partial charge in [-0.05, 0) is 35.9 Å². The third-order valence-electron chi connectivity index (χ3n) is 4.31. The van der Waals surface area contributed by atoms with Crippen molar-refractivity contribution in [3.05, 3.63) is 100.0 Å². The van der Waals surface area contributed by atoms with Gasteiger partial charge in [-0.25, -0.2) is 0 Å². The van der Waals surface area contributed by atoms with Crippen LogP contribution in [0.15, 0.2) is 77.7 Å². The second kappa shape index (κ2) is 7.72. The van der Waals surface area contributed by atoms with Crippen molar-refractivity contribution in [1.29, 1.82) is 0 Å². The summed E-state index contributed by atoms with van der Waals surface area (Å²) in [6.45, 7) is 0.0626. The van der Waals surface area contributed by atoms with E-state index in [4.69, 9.17) is 0 Å². The minimum absolute atomic E-state index is 0.0626. The van der Waals surface area contributed by atoms with E-state index in [0.29, 0.717) is 16.8 Å². The topological polar surface area (TPSA) is 42.3 Å². The number of hydrogen-bond donors (Lipinski definition) is 0. The molecule has 0 N–H and O–H groups in total. The van der Waals surface area contributed by atoms with Gasteiger partial charge in [0.2, 0.25) is 0 Å². The average molecular weight is 386 g/mol. The quantitative estimate of drug-likeness (QED) is 0.675. The first-order valence-electron chi connectivity index (χ1n) is 8.45. The Balaban J connectivity index is 1.84. The Morgan fingerprint density at radius 3 is 2.21 bits per heavy atom. The zero-order valence-electron chi connectivity index (χ0n) is 15.0. The summed E-state index contributed by atoms with van der Waals surface area (Å²) in [7, 11) is 1.63. The molecule has 0 aliphatic heterocycles. The fraction of sp³-hybridized carbons (Fsp3) is 0.143. The van der Waals surface area contributed by atoms with Crippen LogP contribution in [0.3, 0.4) is 0 Å². The molecule has 0 atom stereocenters. The molecule has 144 valence electrons. The van der Waals surface area contributed by atoms with Gasteiger partial charge in [-0.3, -0.25) is 9.59 Å². The highest BCUT2D eigenvalue weighted by molar-refractivity contribution is 6.05. The van der Waals surface area contributed by atoms with Crippen molar-refractivity contribution in [2.75, 3.05) is 11.9 Å². The molecule has 0 bridgehead atoms. The van der Waals surface area contributed by atoms with E-state index in [2.05, 4.69) is 0 Å². The van der Waals surface area contributed by atoms with E-state index in [1.165, 1.54) is 39.9 Å². The number of anilines is 1. The minimum atomic E-state index is -4.41. The van der Waals surface area contributed by atoms with E-state index in [-0.39, 0.29) is 18.0 Å². The lowest BCUT2D eigenvalue weighted by Crippen LogP contribution is -2.28. The van der Waals surface area contributed by atoms with Crippen LogP contribution in [-0.2, 0) is 12.7 Å². The smallest absolute Gasteiger partial charge is 0.311 e. The minimum Gasteiger partial charge on any atom is -0.311 e. The zero-order valence-corrected chi connectivity index (χ0v) is 15.0. The molecule has 1 aromatic heterocycles. The Hall–Kier alpha value is -3.35. The van der Waals surface area contributed by atoms with Crippen molar-refractivity contribution < 1.29 is 18.0 Å². The van der Waals surface area contributed by atoms with Gasteiger partial charge in [0.15, 0.2) is 0 Å². The van der Waals surface area contributed by atoms with Gasteiger partial charge in [0, 0.05) is 25.0 Å². The lowest BCUT2D eigenvalue weighted by Gasteiger charge is -2.18. The van der Waals surface area contributed by atoms with Crippen LogP contribution < -0.4 is 10.5 Å². The van der Waals surface area contributed by atoms with Crippen molar-refractivity contribution in [2.45, 2.75) is 12.7 Å². The molecule has 0 unspecified atom stereocenters. The van der Waals surface area contributed by atoms with Crippen LogP contribution in [0.1, 0.15) is 21.5 Å². The summed E-state index contributed by atoms with van der Waals surface area (Å²) in [5, 5.41) is 0. The number of hydrogen-bond acceptors (Lipinski definition) is 2. The lowest BCUT2D eigenvalue weighted by molar-refractivity contribution is -0.137. The first kappa shape index (κ1) is 19.4. The molecule has 3 aromatic rings. The number of carbonyl (C=O) groups excluding carboxylic acids is 1. The predicted molar refractivity (Wildman–Crippen MR) is 100 cm³/mol. The third-order valence-corrected chi connectivity index (χ3v) is 4.31. The van der Waals surface area contributed by atoms with Crippen molar-refractivity contribution in [3.8, 4) is 0 Å². The van der Waals surface area contributed by atoms with Gasteiger partial charge < -0.3 is 9.47 Å². The van der Waals surface area contributed by atoms with Crippen LogP contribution in [0, 0.1) is 0 Å². The monoisotopic (exact) mass is 386 g/mol. The molecule has 0 aliphatic rings. The Labute approximate surface area is 159 Å². The Morgan fingerprint density at radius 2 is 1.61 bits per heavy atom. The fourth-order valence-corrected chi connectivity index (χ4v) is 2.74. The highest BCUT2D eigenvalue weighted by Crippen LogP contribution is 2.29. The largest absolute Gasteiger partial charge is 0.416 e. The highest BCUT2D eigenvalue weighted by atomic mass is 19.4. The van der Waals surface area contributed by atoms with Gasteiger partial charge in [-0.1, -0.05) is 30.3 Å². The molecule has 1 heterocycles. The van der Waals surface area contributed by atoms with Gasteiger partial charge in [-0.2, -0.15) is 13.2 Å². The molecule has 0 fully saturated rings. The van der Waals surface area contributed by atoms with Crippen LogP contribution in [0.25, 0.3) is 0 Å². The first-order valence-corrected chi connectivity index (χ1v) is 8.45. The SMILES string of the molecule is CN(C(=O)c1ccc(=O)n(Cc2ccc(C(F)(F)F)cc2)c1)c1ccccc1. The molecule has 3 rings (SSSR count). The van der Waals surface area contributed by atoms with Crippen LogP contribution in [0.5, 0.6) is 0 Å². The molecule has 0 radical (unpaired) electrons. The van der Waals surface area contributed by atoms with E-state index in [0.717, 1.165) is 12.1 Å². The van der Waals surface area contributed by atoms with Crippen molar-refractivity contribution in [3.63, 3.8) is 0 Å². The van der Waals surface area contributed by atoms with E-state index in [1.807, 2.05) is 18.2 Å². The summed E-state index contributed by atoms with van der Waals surface area (Å²) in [5.41, 5.74) is 0.429. The number of nitrogens with zero attached hydrogens (tertiary/aromatic N) is 2. The number of rotatable bonds is 4. The normalized spacial score (nSPS) is 11.3. The molecule has 0 saturated heterocycles. The summed E-state index contributed by atoms with van der Waals surface area (Å²) < 4.78 is 39.3. The Morgan fingerprint density at radius 1 is 0.964 bits per heavy atom. The van der Waals surface area contributed by atoms with Gasteiger partial charge in [0.25, 0.3) is 11.5 Å². The predicted octanol–water partition coefficient (Wildman–Crippen LogP) is 4.19. The second-order valence-corrected chi connectivity index (χ2v) is 6.28. The zero-order chi connectivity index (χ0) is 20.3. The molecule has 0 aliphatic carbocycles. The number of benzene rings is 2. The average Bonchev–Trinajstić information content (AvgIpc) is 2.69. The molecule has 0 saturated carbocycles. The van der Waals surface area contributed by atoms with Crippen LogP contribution in [-0.4, -0.2) is 17.5 Å². The summed E-state index contributed by atoms with van der Waals surface area (Å²) in [6, 6.07) is 16.3. The Bertz CT molecular complexity index is 1030. The van der Waals surface area contributed by atoms with E-state index in [1.54, 1.807) is 19.2 Å². The Kier molecular flexibility index (Phi) is 5.35. The third kappa shape index (κ3) is 4.31. The van der Waals surface area contributed by atoms with Crippen molar-refractivity contribution in [1.82, 2.24) is 4.57 Å². The fourth-order valence-electron chi connectivity index (χ4n) is 2.74. The molecule has 28 heavy (non-hydrogen) atoms. The van der Waals surface area contributed by atoms with Crippen molar-refractivity contribution in [2.24, 2.45) is 0 Å². The standard InChI is InChI=1S/C21H17F3N2O2/c1-25(18-5-3-2-4-6-18)20(28)16-9-12-19(27)26(14-16)13-15-7-10-17(11-8-15)21(22,23)24/h2-12,14H,13H2,1H3. The molecule has 4 nitrogen and oxygen atoms in total. The number of aromatic nitrogens is 1. The van der Waals surface area contributed by atoms with E-state index < -0.39 is 11.7 Å². The molecule has 2 aromatic carbocycles. The lowest BCUT2D eigenvalue weighted by atomic mass is 10.1. The molecule has 7 heteroatoms. The maximum Gasteiger partial charge on any atom is 0.416 e. The first-order chi connectivity index (χ1) is 13.3. The summed E-state index contributed by atoms with van der Waals surface area (Å²) in [5.74, 6) is -0.299. The maximum absolute atomic E-state index is 12.7. The number of carbonyl (C=O) groups is 1. The maximum atomic E-state index is 12.7. The van der Waals surface area contributed by atoms with E-state index in [9.17, 15) is 22.8 Å². The van der Waals surface area contributed by atoms with Gasteiger partial charge in [0.1, 0.15) is 0 Å². The number of para-hydroxylation sites is 1. The summed E-state index contributed by atoms with van der Waals surface area (Å²) in [4.78, 5) is 26.3. The second-order valence-electron chi connectivity index (χ2n) is 6.28. The summed E-state index contributed by atoms with van der Waals surface area (Å²) in [6.07, 6.45) is -2.99. The highest BCUT2D eigenvalue weighted by Gasteiger charge is 2.29. The molecule has 1 amide bonds. The molecule has 0 spiro atoms.